The lowest BCUT2D eigenvalue weighted by atomic mass is 10.3. The Labute approximate surface area is 118 Å². The first-order chi connectivity index (χ1) is 9.63. The topological polar surface area (TPSA) is 56.1 Å². The molecule has 0 spiro atoms. The Morgan fingerprint density at radius 1 is 1.30 bits per heavy atom. The molecule has 1 aromatic heterocycles. The first-order valence-corrected chi connectivity index (χ1v) is 6.72. The number of carbonyl (C=O) groups excluding carboxylic acids is 1. The van der Waals surface area contributed by atoms with Gasteiger partial charge in [0.15, 0.2) is 0 Å². The standard InChI is InChI=1S/C15H19N3O2/c1-4-18-14(10-11(3)17-18)15(19)16-12-6-8-13(9-7-12)20-5-2/h6-10H,4-5H2,1-3H3,(H,16,19). The average molecular weight is 273 g/mol. The predicted molar refractivity (Wildman–Crippen MR) is 78.2 cm³/mol. The van der Waals surface area contributed by atoms with Gasteiger partial charge in [-0.2, -0.15) is 5.10 Å². The molecule has 20 heavy (non-hydrogen) atoms. The SMILES string of the molecule is CCOc1ccc(NC(=O)c2cc(C)nn2CC)cc1. The Morgan fingerprint density at radius 2 is 2.00 bits per heavy atom. The van der Waals surface area contributed by atoms with E-state index in [1.807, 2.05) is 45.0 Å². The van der Waals surface area contributed by atoms with E-state index in [0.717, 1.165) is 17.1 Å². The van der Waals surface area contributed by atoms with Crippen molar-refractivity contribution >= 4 is 11.6 Å². The third-order valence-corrected chi connectivity index (χ3v) is 2.86. The van der Waals surface area contributed by atoms with Crippen LogP contribution in [0.5, 0.6) is 5.75 Å². The molecule has 0 radical (unpaired) electrons. The molecule has 0 unspecified atom stereocenters. The fourth-order valence-electron chi connectivity index (χ4n) is 1.97. The van der Waals surface area contributed by atoms with Crippen LogP contribution in [0, 0.1) is 6.92 Å². The second-order valence-electron chi connectivity index (χ2n) is 4.40. The van der Waals surface area contributed by atoms with Crippen LogP contribution in [-0.4, -0.2) is 22.3 Å². The van der Waals surface area contributed by atoms with Gasteiger partial charge in [0.1, 0.15) is 11.4 Å². The number of amides is 1. The second-order valence-corrected chi connectivity index (χ2v) is 4.40. The minimum atomic E-state index is -0.156. The highest BCUT2D eigenvalue weighted by molar-refractivity contribution is 6.03. The number of nitrogens with one attached hydrogen (secondary N) is 1. The lowest BCUT2D eigenvalue weighted by molar-refractivity contribution is 0.101. The van der Waals surface area contributed by atoms with Crippen molar-refractivity contribution < 1.29 is 9.53 Å². The molecule has 0 aliphatic carbocycles. The Bertz CT molecular complexity index is 588. The van der Waals surface area contributed by atoms with Gasteiger partial charge in [-0.05, 0) is 51.1 Å². The van der Waals surface area contributed by atoms with E-state index in [0.29, 0.717) is 18.8 Å². The molecule has 0 aliphatic heterocycles. The molecule has 5 heteroatoms. The van der Waals surface area contributed by atoms with E-state index in [2.05, 4.69) is 10.4 Å². The van der Waals surface area contributed by atoms with Crippen LogP contribution in [0.2, 0.25) is 0 Å². The van der Waals surface area contributed by atoms with Crippen LogP contribution in [0.15, 0.2) is 30.3 Å². The van der Waals surface area contributed by atoms with E-state index in [1.165, 1.54) is 0 Å². The fourth-order valence-corrected chi connectivity index (χ4v) is 1.97. The number of aryl methyl sites for hydroxylation is 2. The smallest absolute Gasteiger partial charge is 0.273 e. The summed E-state index contributed by atoms with van der Waals surface area (Å²) in [5, 5.41) is 7.13. The van der Waals surface area contributed by atoms with Crippen molar-refractivity contribution in [3.05, 3.63) is 41.7 Å². The van der Waals surface area contributed by atoms with Gasteiger partial charge < -0.3 is 10.1 Å². The molecule has 0 saturated carbocycles. The zero-order valence-corrected chi connectivity index (χ0v) is 12.0. The summed E-state index contributed by atoms with van der Waals surface area (Å²) in [6.45, 7) is 7.06. The number of benzene rings is 1. The van der Waals surface area contributed by atoms with Crippen LogP contribution in [0.4, 0.5) is 5.69 Å². The Balaban J connectivity index is 2.10. The fraction of sp³-hybridized carbons (Fsp3) is 0.333. The summed E-state index contributed by atoms with van der Waals surface area (Å²) < 4.78 is 7.06. The molecule has 106 valence electrons. The highest BCUT2D eigenvalue weighted by atomic mass is 16.5. The summed E-state index contributed by atoms with van der Waals surface area (Å²) >= 11 is 0. The molecule has 1 N–H and O–H groups in total. The van der Waals surface area contributed by atoms with Gasteiger partial charge >= 0.3 is 0 Å². The van der Waals surface area contributed by atoms with Crippen molar-refractivity contribution in [3.8, 4) is 5.75 Å². The van der Waals surface area contributed by atoms with Crippen LogP contribution < -0.4 is 10.1 Å². The minimum Gasteiger partial charge on any atom is -0.494 e. The molecule has 1 heterocycles. The maximum atomic E-state index is 12.2. The molecule has 0 atom stereocenters. The summed E-state index contributed by atoms with van der Waals surface area (Å²) in [6, 6.07) is 9.10. The first-order valence-electron chi connectivity index (χ1n) is 6.72. The quantitative estimate of drug-likeness (QED) is 0.911. The number of hydrogen-bond donors (Lipinski definition) is 1. The third kappa shape index (κ3) is 3.17. The van der Waals surface area contributed by atoms with Gasteiger partial charge in [0.25, 0.3) is 5.91 Å². The van der Waals surface area contributed by atoms with Crippen molar-refractivity contribution in [2.24, 2.45) is 0 Å². The molecule has 0 saturated heterocycles. The maximum absolute atomic E-state index is 12.2. The maximum Gasteiger partial charge on any atom is 0.273 e. The number of carbonyl (C=O) groups is 1. The summed E-state index contributed by atoms with van der Waals surface area (Å²) in [7, 11) is 0. The third-order valence-electron chi connectivity index (χ3n) is 2.86. The summed E-state index contributed by atoms with van der Waals surface area (Å²) in [6.07, 6.45) is 0. The van der Waals surface area contributed by atoms with Crippen LogP contribution in [-0.2, 0) is 6.54 Å². The monoisotopic (exact) mass is 273 g/mol. The molecule has 0 bridgehead atoms. The van der Waals surface area contributed by atoms with Gasteiger partial charge in [-0.25, -0.2) is 0 Å². The zero-order valence-electron chi connectivity index (χ0n) is 12.0. The van der Waals surface area contributed by atoms with Crippen LogP contribution >= 0.6 is 0 Å². The van der Waals surface area contributed by atoms with Crippen molar-refractivity contribution in [2.45, 2.75) is 27.3 Å². The number of hydrogen-bond acceptors (Lipinski definition) is 3. The van der Waals surface area contributed by atoms with Gasteiger partial charge in [0, 0.05) is 12.2 Å². The summed E-state index contributed by atoms with van der Waals surface area (Å²) in [4.78, 5) is 12.2. The predicted octanol–water partition coefficient (Wildman–Crippen LogP) is 2.86. The van der Waals surface area contributed by atoms with Crippen molar-refractivity contribution in [1.29, 1.82) is 0 Å². The number of aromatic nitrogens is 2. The largest absolute Gasteiger partial charge is 0.494 e. The average Bonchev–Trinajstić information content (AvgIpc) is 2.82. The van der Waals surface area contributed by atoms with E-state index >= 15 is 0 Å². The number of anilines is 1. The molecule has 0 aliphatic rings. The Hall–Kier alpha value is -2.30. The molecular weight excluding hydrogens is 254 g/mol. The van der Waals surface area contributed by atoms with Crippen molar-refractivity contribution in [3.63, 3.8) is 0 Å². The molecular formula is C15H19N3O2. The number of rotatable bonds is 5. The number of nitrogens with zero attached hydrogens (tertiary/aromatic N) is 2. The normalized spacial score (nSPS) is 10.3. The van der Waals surface area contributed by atoms with Crippen LogP contribution in [0.3, 0.4) is 0 Å². The van der Waals surface area contributed by atoms with Gasteiger partial charge in [0.2, 0.25) is 0 Å². The highest BCUT2D eigenvalue weighted by Crippen LogP contribution is 2.16. The Kier molecular flexibility index (Phi) is 4.40. The summed E-state index contributed by atoms with van der Waals surface area (Å²) in [5.74, 6) is 0.636. The van der Waals surface area contributed by atoms with Crippen molar-refractivity contribution in [1.82, 2.24) is 9.78 Å². The van der Waals surface area contributed by atoms with Gasteiger partial charge in [-0.3, -0.25) is 9.48 Å². The van der Waals surface area contributed by atoms with Crippen LogP contribution in [0.1, 0.15) is 30.0 Å². The summed E-state index contributed by atoms with van der Waals surface area (Å²) in [5.41, 5.74) is 2.14. The van der Waals surface area contributed by atoms with E-state index in [1.54, 1.807) is 10.7 Å². The first kappa shape index (κ1) is 14.1. The number of ether oxygens (including phenoxy) is 1. The van der Waals surface area contributed by atoms with Crippen molar-refractivity contribution in [2.75, 3.05) is 11.9 Å². The highest BCUT2D eigenvalue weighted by Gasteiger charge is 2.13. The zero-order chi connectivity index (χ0) is 14.5. The van der Waals surface area contributed by atoms with Crippen LogP contribution in [0.25, 0.3) is 0 Å². The minimum absolute atomic E-state index is 0.156. The van der Waals surface area contributed by atoms with Gasteiger partial charge in [-0.1, -0.05) is 0 Å². The molecule has 1 aromatic carbocycles. The lowest BCUT2D eigenvalue weighted by Crippen LogP contribution is -2.17. The van der Waals surface area contributed by atoms with E-state index in [9.17, 15) is 4.79 Å². The van der Waals surface area contributed by atoms with E-state index < -0.39 is 0 Å². The molecule has 2 aromatic rings. The van der Waals surface area contributed by atoms with E-state index in [-0.39, 0.29) is 5.91 Å². The molecule has 0 fully saturated rings. The Morgan fingerprint density at radius 3 is 2.60 bits per heavy atom. The lowest BCUT2D eigenvalue weighted by Gasteiger charge is -2.08. The molecule has 1 amide bonds. The van der Waals surface area contributed by atoms with Gasteiger partial charge in [-0.15, -0.1) is 0 Å². The molecule has 5 nitrogen and oxygen atoms in total. The second kappa shape index (κ2) is 6.23. The van der Waals surface area contributed by atoms with Gasteiger partial charge in [0.05, 0.1) is 12.3 Å². The van der Waals surface area contributed by atoms with E-state index in [4.69, 9.17) is 4.74 Å². The molecule has 2 rings (SSSR count).